The van der Waals surface area contributed by atoms with E-state index < -0.39 is 0 Å². The first-order valence-corrected chi connectivity index (χ1v) is 7.21. The first-order chi connectivity index (χ1) is 10.8. The Balaban J connectivity index is 1.50. The van der Waals surface area contributed by atoms with Crippen molar-refractivity contribution in [2.45, 2.75) is 0 Å². The summed E-state index contributed by atoms with van der Waals surface area (Å²) >= 11 is 0. The fraction of sp³-hybridized carbons (Fsp3) is 0.357. The Morgan fingerprint density at radius 3 is 2.50 bits per heavy atom. The summed E-state index contributed by atoms with van der Waals surface area (Å²) in [4.78, 5) is 26.2. The van der Waals surface area contributed by atoms with E-state index in [4.69, 9.17) is 0 Å². The smallest absolute Gasteiger partial charge is 0.227 e. The number of hydrogen-bond acceptors (Lipinski definition) is 7. The normalized spacial score (nSPS) is 15.5. The largest absolute Gasteiger partial charge is 0.352 e. The van der Waals surface area contributed by atoms with E-state index >= 15 is 0 Å². The first-order valence-electron chi connectivity index (χ1n) is 7.21. The van der Waals surface area contributed by atoms with Gasteiger partial charge in [0.2, 0.25) is 5.95 Å². The molecule has 8 heteroatoms. The van der Waals surface area contributed by atoms with Crippen molar-refractivity contribution >= 4 is 22.9 Å². The van der Waals surface area contributed by atoms with Gasteiger partial charge in [-0.2, -0.15) is 4.98 Å². The molecule has 1 fully saturated rings. The minimum atomic E-state index is 0.740. The second kappa shape index (κ2) is 5.21. The Bertz CT molecular complexity index is 776. The topological polar surface area (TPSA) is 75.9 Å². The Morgan fingerprint density at radius 1 is 0.909 bits per heavy atom. The van der Waals surface area contributed by atoms with E-state index in [1.807, 2.05) is 17.8 Å². The highest BCUT2D eigenvalue weighted by molar-refractivity contribution is 5.71. The average molecular weight is 296 g/mol. The van der Waals surface area contributed by atoms with Gasteiger partial charge in [-0.25, -0.2) is 15.0 Å². The highest BCUT2D eigenvalue weighted by Gasteiger charge is 2.20. The summed E-state index contributed by atoms with van der Waals surface area (Å²) in [6, 6.07) is 0. The average Bonchev–Trinajstić information content (AvgIpc) is 2.96. The molecule has 0 N–H and O–H groups in total. The van der Waals surface area contributed by atoms with Crippen LogP contribution in [0.1, 0.15) is 0 Å². The summed E-state index contributed by atoms with van der Waals surface area (Å²) in [7, 11) is 1.94. The van der Waals surface area contributed by atoms with Crippen molar-refractivity contribution in [1.82, 2.24) is 29.5 Å². The molecule has 112 valence electrons. The molecule has 3 aromatic heterocycles. The van der Waals surface area contributed by atoms with Gasteiger partial charge in [0, 0.05) is 45.6 Å². The molecule has 0 atom stereocenters. The van der Waals surface area contributed by atoms with Crippen LogP contribution in [-0.2, 0) is 7.05 Å². The third-order valence-corrected chi connectivity index (χ3v) is 3.91. The van der Waals surface area contributed by atoms with Crippen molar-refractivity contribution in [2.75, 3.05) is 36.0 Å². The monoisotopic (exact) mass is 296 g/mol. The van der Waals surface area contributed by atoms with Crippen LogP contribution in [0.5, 0.6) is 0 Å². The third kappa shape index (κ3) is 2.22. The van der Waals surface area contributed by atoms with E-state index in [2.05, 4.69) is 34.7 Å². The number of anilines is 2. The number of aryl methyl sites for hydroxylation is 1. The molecule has 3 aromatic rings. The fourth-order valence-corrected chi connectivity index (χ4v) is 2.65. The molecule has 1 saturated heterocycles. The van der Waals surface area contributed by atoms with Crippen molar-refractivity contribution in [3.63, 3.8) is 0 Å². The lowest BCUT2D eigenvalue weighted by atomic mass is 10.3. The van der Waals surface area contributed by atoms with Crippen molar-refractivity contribution < 1.29 is 0 Å². The van der Waals surface area contributed by atoms with Crippen LogP contribution in [0.15, 0.2) is 31.1 Å². The SMILES string of the molecule is Cn1cnc2nc(N3CCN(c4cnccn4)CC3)ncc21. The van der Waals surface area contributed by atoms with Crippen molar-refractivity contribution in [1.29, 1.82) is 0 Å². The summed E-state index contributed by atoms with van der Waals surface area (Å²) in [6.45, 7) is 3.47. The molecule has 0 radical (unpaired) electrons. The number of fused-ring (bicyclic) bond motifs is 1. The maximum absolute atomic E-state index is 4.55. The standard InChI is InChI=1S/C14H16N8/c1-20-10-18-13-11(20)8-17-14(19-13)22-6-4-21(5-7-22)12-9-15-2-3-16-12/h2-3,8-10H,4-7H2,1H3. The van der Waals surface area contributed by atoms with E-state index in [1.165, 1.54) is 0 Å². The molecule has 0 saturated carbocycles. The molecule has 0 bridgehead atoms. The number of piperazine rings is 1. The molecule has 0 unspecified atom stereocenters. The number of rotatable bonds is 2. The Kier molecular flexibility index (Phi) is 3.06. The van der Waals surface area contributed by atoms with Crippen LogP contribution in [0.25, 0.3) is 11.2 Å². The van der Waals surface area contributed by atoms with Gasteiger partial charge in [0.05, 0.1) is 18.7 Å². The molecule has 1 aliphatic heterocycles. The van der Waals surface area contributed by atoms with Gasteiger partial charge in [0.1, 0.15) is 11.3 Å². The van der Waals surface area contributed by atoms with Crippen LogP contribution < -0.4 is 9.80 Å². The summed E-state index contributed by atoms with van der Waals surface area (Å²) in [5.74, 6) is 1.66. The van der Waals surface area contributed by atoms with Crippen LogP contribution in [0, 0.1) is 0 Å². The van der Waals surface area contributed by atoms with Gasteiger partial charge in [0.15, 0.2) is 5.65 Å². The lowest BCUT2D eigenvalue weighted by Crippen LogP contribution is -2.47. The van der Waals surface area contributed by atoms with Crippen LogP contribution >= 0.6 is 0 Å². The van der Waals surface area contributed by atoms with Crippen molar-refractivity contribution in [3.05, 3.63) is 31.1 Å². The molecule has 1 aliphatic rings. The minimum Gasteiger partial charge on any atom is -0.352 e. The molecule has 0 aromatic carbocycles. The lowest BCUT2D eigenvalue weighted by Gasteiger charge is -2.35. The van der Waals surface area contributed by atoms with Crippen molar-refractivity contribution in [2.24, 2.45) is 7.05 Å². The van der Waals surface area contributed by atoms with E-state index in [0.29, 0.717) is 0 Å². The number of aromatic nitrogens is 6. The fourth-order valence-electron chi connectivity index (χ4n) is 2.65. The predicted molar refractivity (Wildman–Crippen MR) is 82.8 cm³/mol. The lowest BCUT2D eigenvalue weighted by molar-refractivity contribution is 0.634. The second-order valence-electron chi connectivity index (χ2n) is 5.27. The molecular formula is C14H16N8. The zero-order valence-corrected chi connectivity index (χ0v) is 12.3. The number of imidazole rings is 1. The van der Waals surface area contributed by atoms with Crippen LogP contribution in [0.3, 0.4) is 0 Å². The summed E-state index contributed by atoms with van der Waals surface area (Å²) in [6.07, 6.45) is 8.80. The third-order valence-electron chi connectivity index (χ3n) is 3.91. The van der Waals surface area contributed by atoms with Gasteiger partial charge < -0.3 is 14.4 Å². The minimum absolute atomic E-state index is 0.740. The van der Waals surface area contributed by atoms with Gasteiger partial charge in [-0.05, 0) is 0 Å². The molecule has 22 heavy (non-hydrogen) atoms. The molecule has 0 spiro atoms. The molecule has 8 nitrogen and oxygen atoms in total. The van der Waals surface area contributed by atoms with E-state index in [9.17, 15) is 0 Å². The molecule has 4 rings (SSSR count). The van der Waals surface area contributed by atoms with Crippen molar-refractivity contribution in [3.8, 4) is 0 Å². The summed E-state index contributed by atoms with van der Waals surface area (Å²) in [5.41, 5.74) is 1.69. The molecule has 4 heterocycles. The number of nitrogens with zero attached hydrogens (tertiary/aromatic N) is 8. The van der Waals surface area contributed by atoms with Crippen LogP contribution in [0.4, 0.5) is 11.8 Å². The van der Waals surface area contributed by atoms with E-state index in [1.54, 1.807) is 24.9 Å². The van der Waals surface area contributed by atoms with E-state index in [-0.39, 0.29) is 0 Å². The van der Waals surface area contributed by atoms with E-state index in [0.717, 1.165) is 49.1 Å². The molecule has 0 amide bonds. The summed E-state index contributed by atoms with van der Waals surface area (Å²) in [5, 5.41) is 0. The van der Waals surface area contributed by atoms with Gasteiger partial charge >= 0.3 is 0 Å². The Morgan fingerprint density at radius 2 is 1.73 bits per heavy atom. The number of hydrogen-bond donors (Lipinski definition) is 0. The predicted octanol–water partition coefficient (Wildman–Crippen LogP) is 0.480. The highest BCUT2D eigenvalue weighted by Crippen LogP contribution is 2.17. The highest BCUT2D eigenvalue weighted by atomic mass is 15.3. The zero-order valence-electron chi connectivity index (χ0n) is 12.3. The maximum atomic E-state index is 4.55. The van der Waals surface area contributed by atoms with Gasteiger partial charge in [-0.1, -0.05) is 0 Å². The first kappa shape index (κ1) is 12.9. The van der Waals surface area contributed by atoms with Crippen LogP contribution in [0.2, 0.25) is 0 Å². The summed E-state index contributed by atoms with van der Waals surface area (Å²) < 4.78 is 1.92. The molecular weight excluding hydrogens is 280 g/mol. The quantitative estimate of drug-likeness (QED) is 0.680. The van der Waals surface area contributed by atoms with Gasteiger partial charge in [0.25, 0.3) is 0 Å². The molecule has 0 aliphatic carbocycles. The van der Waals surface area contributed by atoms with Crippen LogP contribution in [-0.4, -0.2) is 55.7 Å². The van der Waals surface area contributed by atoms with Gasteiger partial charge in [-0.15, -0.1) is 0 Å². The second-order valence-corrected chi connectivity index (χ2v) is 5.27. The zero-order chi connectivity index (χ0) is 14.9. The Hall–Kier alpha value is -2.77. The Labute approximate surface area is 127 Å². The maximum Gasteiger partial charge on any atom is 0.227 e. The van der Waals surface area contributed by atoms with Gasteiger partial charge in [-0.3, -0.25) is 4.98 Å².